The van der Waals surface area contributed by atoms with Crippen LogP contribution in [0.3, 0.4) is 0 Å². The highest BCUT2D eigenvalue weighted by molar-refractivity contribution is 8.01. The molecule has 4 atom stereocenters. The molecule has 10 nitrogen and oxygen atoms in total. The maximum atomic E-state index is 12.7. The Hall–Kier alpha value is -2.79. The number of amides is 2. The number of ether oxygens (including phenoxy) is 2. The second-order valence-electron chi connectivity index (χ2n) is 7.53. The third-order valence-electron chi connectivity index (χ3n) is 4.96. The Morgan fingerprint density at radius 1 is 1.27 bits per heavy atom. The minimum absolute atomic E-state index is 0.0485. The Labute approximate surface area is 177 Å². The Bertz CT molecular complexity index is 873. The number of phenolic OH excluding ortho intramolecular Hbond substituents is 1. The molecule has 1 aromatic carbocycles. The Kier molecular flexibility index (Phi) is 5.95. The number of aromatic hydroxyl groups is 1. The van der Waals surface area contributed by atoms with Gasteiger partial charge in [0.2, 0.25) is 18.6 Å². The minimum atomic E-state index is -1.02. The highest BCUT2D eigenvalue weighted by Gasteiger charge is 2.64. The number of fused-ring (bicyclic) bond motifs is 1. The van der Waals surface area contributed by atoms with Crippen molar-refractivity contribution in [1.29, 1.82) is 0 Å². The first kappa shape index (κ1) is 21.9. The summed E-state index contributed by atoms with van der Waals surface area (Å²) in [7, 11) is 0. The molecule has 4 N–H and O–H groups in total. The maximum Gasteiger partial charge on any atom is 0.333 e. The summed E-state index contributed by atoms with van der Waals surface area (Å²) in [5.41, 5.74) is 6.45. The fourth-order valence-corrected chi connectivity index (χ4v) is 5.07. The van der Waals surface area contributed by atoms with Gasteiger partial charge in [0.15, 0.2) is 0 Å². The molecule has 0 spiro atoms. The van der Waals surface area contributed by atoms with Gasteiger partial charge in [-0.3, -0.25) is 14.4 Å². The van der Waals surface area contributed by atoms with E-state index in [-0.39, 0.29) is 5.75 Å². The summed E-state index contributed by atoms with van der Waals surface area (Å²) in [5.74, 6) is -2.19. The number of phenols is 1. The number of nitrogens with two attached hydrogens (primary N) is 1. The van der Waals surface area contributed by atoms with Crippen LogP contribution in [0.4, 0.5) is 0 Å². The van der Waals surface area contributed by atoms with Crippen molar-refractivity contribution in [1.82, 2.24) is 10.2 Å². The number of carbonyl (C=O) groups excluding carboxylic acids is 4. The third kappa shape index (κ3) is 4.08. The molecule has 1 aromatic rings. The number of nitrogens with one attached hydrogen (secondary N) is 1. The van der Waals surface area contributed by atoms with Gasteiger partial charge in [-0.15, -0.1) is 11.8 Å². The Balaban J connectivity index is 1.65. The van der Waals surface area contributed by atoms with Gasteiger partial charge in [-0.2, -0.15) is 0 Å². The number of benzene rings is 1. The quantitative estimate of drug-likeness (QED) is 0.318. The second kappa shape index (κ2) is 8.15. The second-order valence-corrected chi connectivity index (χ2v) is 9.30. The molecule has 0 aliphatic carbocycles. The van der Waals surface area contributed by atoms with Crippen molar-refractivity contribution in [2.75, 3.05) is 6.79 Å². The zero-order valence-corrected chi connectivity index (χ0v) is 17.5. The molecule has 2 amide bonds. The molecule has 162 valence electrons. The molecule has 0 saturated carbocycles. The van der Waals surface area contributed by atoms with Crippen LogP contribution in [0.25, 0.3) is 0 Å². The van der Waals surface area contributed by atoms with Crippen LogP contribution >= 0.6 is 11.8 Å². The zero-order valence-electron chi connectivity index (χ0n) is 16.7. The largest absolute Gasteiger partial charge is 0.508 e. The van der Waals surface area contributed by atoms with Gasteiger partial charge in [0.1, 0.15) is 29.2 Å². The molecule has 1 unspecified atom stereocenters. The average molecular weight is 437 g/mol. The summed E-state index contributed by atoms with van der Waals surface area (Å²) in [5, 5.41) is 11.5. The van der Waals surface area contributed by atoms with E-state index in [0.29, 0.717) is 5.56 Å². The highest BCUT2D eigenvalue weighted by atomic mass is 32.2. The predicted octanol–water partition coefficient (Wildman–Crippen LogP) is 0.00290. The van der Waals surface area contributed by atoms with Gasteiger partial charge in [0, 0.05) is 11.7 Å². The van der Waals surface area contributed by atoms with Crippen molar-refractivity contribution in [3.63, 3.8) is 0 Å². The standard InChI is InChI=1S/C19H23N3O7S/c1-9(23)28-8-29-18(27)14-19(2,3)30-17-13(16(26)22(14)17)21-15(25)12(20)10-4-6-11(24)7-5-10/h4-7,12-14,17,24H,8,20H2,1-3H3,(H,21,25)/t12-,13?,14+,17-/m1/s1. The van der Waals surface area contributed by atoms with Crippen LogP contribution in [0.2, 0.25) is 0 Å². The lowest BCUT2D eigenvalue weighted by Crippen LogP contribution is -2.71. The molecule has 0 bridgehead atoms. The summed E-state index contributed by atoms with van der Waals surface area (Å²) < 4.78 is 8.92. The van der Waals surface area contributed by atoms with Crippen molar-refractivity contribution in [2.45, 2.75) is 49.0 Å². The van der Waals surface area contributed by atoms with Crippen molar-refractivity contribution in [3.8, 4) is 5.75 Å². The predicted molar refractivity (Wildman–Crippen MR) is 106 cm³/mol. The number of nitrogens with zero attached hydrogens (tertiary/aromatic N) is 1. The van der Waals surface area contributed by atoms with Crippen LogP contribution in [-0.2, 0) is 28.7 Å². The van der Waals surface area contributed by atoms with Crippen LogP contribution < -0.4 is 11.1 Å². The Morgan fingerprint density at radius 3 is 2.50 bits per heavy atom. The lowest BCUT2D eigenvalue weighted by Gasteiger charge is -2.44. The van der Waals surface area contributed by atoms with E-state index in [4.69, 9.17) is 10.5 Å². The van der Waals surface area contributed by atoms with Crippen LogP contribution in [0.5, 0.6) is 5.75 Å². The van der Waals surface area contributed by atoms with E-state index in [1.54, 1.807) is 13.8 Å². The van der Waals surface area contributed by atoms with Crippen LogP contribution in [0.1, 0.15) is 32.4 Å². The van der Waals surface area contributed by atoms with Gasteiger partial charge in [-0.1, -0.05) is 12.1 Å². The lowest BCUT2D eigenvalue weighted by atomic mass is 9.95. The number of carbonyl (C=O) groups is 4. The molecule has 0 aromatic heterocycles. The van der Waals surface area contributed by atoms with E-state index in [9.17, 15) is 24.3 Å². The summed E-state index contributed by atoms with van der Waals surface area (Å²) in [6, 6.07) is 3.16. The van der Waals surface area contributed by atoms with Gasteiger partial charge in [0.05, 0.1) is 0 Å². The molecular formula is C19H23N3O7S. The fraction of sp³-hybridized carbons (Fsp3) is 0.474. The SMILES string of the molecule is CC(=O)OCOC(=O)[C@@H]1N2C(=O)C(NC(=O)[C@H](N)c3ccc(O)cc3)[C@H]2SC1(C)C. The fourth-order valence-electron chi connectivity index (χ4n) is 3.45. The minimum Gasteiger partial charge on any atom is -0.508 e. The van der Waals surface area contributed by atoms with E-state index < -0.39 is 58.8 Å². The zero-order chi connectivity index (χ0) is 22.2. The molecule has 30 heavy (non-hydrogen) atoms. The number of β-lactam (4-membered cyclic amide) rings is 1. The van der Waals surface area contributed by atoms with Gasteiger partial charge in [-0.05, 0) is 31.5 Å². The maximum absolute atomic E-state index is 12.7. The molecule has 0 radical (unpaired) electrons. The number of hydrogen-bond acceptors (Lipinski definition) is 9. The molecular weight excluding hydrogens is 414 g/mol. The number of thioether (sulfide) groups is 1. The molecule has 2 saturated heterocycles. The highest BCUT2D eigenvalue weighted by Crippen LogP contribution is 2.51. The monoisotopic (exact) mass is 437 g/mol. The van der Waals surface area contributed by atoms with Crippen LogP contribution in [0, 0.1) is 0 Å². The third-order valence-corrected chi connectivity index (χ3v) is 6.53. The van der Waals surface area contributed by atoms with E-state index in [2.05, 4.69) is 10.1 Å². The van der Waals surface area contributed by atoms with Crippen molar-refractivity contribution >= 4 is 35.5 Å². The van der Waals surface area contributed by atoms with Gasteiger partial charge >= 0.3 is 11.9 Å². The molecule has 3 rings (SSSR count). The number of esters is 2. The number of hydrogen-bond donors (Lipinski definition) is 3. The van der Waals surface area contributed by atoms with Crippen LogP contribution in [0.15, 0.2) is 24.3 Å². The topological polar surface area (TPSA) is 148 Å². The van der Waals surface area contributed by atoms with Crippen LogP contribution in [-0.4, -0.2) is 62.8 Å². The summed E-state index contributed by atoms with van der Waals surface area (Å²) in [6.45, 7) is 4.25. The normalized spacial score (nSPS) is 25.0. The van der Waals surface area contributed by atoms with Crippen molar-refractivity contribution in [2.24, 2.45) is 5.73 Å². The van der Waals surface area contributed by atoms with E-state index >= 15 is 0 Å². The van der Waals surface area contributed by atoms with Crippen molar-refractivity contribution < 1.29 is 33.8 Å². The van der Waals surface area contributed by atoms with Crippen molar-refractivity contribution in [3.05, 3.63) is 29.8 Å². The smallest absolute Gasteiger partial charge is 0.333 e. The number of rotatable bonds is 6. The molecule has 2 heterocycles. The first-order valence-corrected chi connectivity index (χ1v) is 10.1. The van der Waals surface area contributed by atoms with Gasteiger partial charge in [0.25, 0.3) is 0 Å². The summed E-state index contributed by atoms with van der Waals surface area (Å²) >= 11 is 1.37. The summed E-state index contributed by atoms with van der Waals surface area (Å²) in [6.07, 6.45) is 0. The first-order chi connectivity index (χ1) is 14.0. The first-order valence-electron chi connectivity index (χ1n) is 9.18. The average Bonchev–Trinajstić information content (AvgIpc) is 2.93. The van der Waals surface area contributed by atoms with E-state index in [1.165, 1.54) is 47.9 Å². The molecule has 11 heteroatoms. The summed E-state index contributed by atoms with van der Waals surface area (Å²) in [4.78, 5) is 49.9. The lowest BCUT2D eigenvalue weighted by molar-refractivity contribution is -0.175. The molecule has 2 fully saturated rings. The Morgan fingerprint density at radius 2 is 1.90 bits per heavy atom. The van der Waals surface area contributed by atoms with Gasteiger partial charge < -0.3 is 30.5 Å². The van der Waals surface area contributed by atoms with E-state index in [1.807, 2.05) is 0 Å². The molecule has 2 aliphatic heterocycles. The van der Waals surface area contributed by atoms with Gasteiger partial charge in [-0.25, -0.2) is 4.79 Å². The molecule has 2 aliphatic rings. The van der Waals surface area contributed by atoms with E-state index in [0.717, 1.165) is 0 Å².